The lowest BCUT2D eigenvalue weighted by atomic mass is 10.1. The molecule has 0 aliphatic rings. The molecule has 2 rings (SSSR count). The summed E-state index contributed by atoms with van der Waals surface area (Å²) >= 11 is 0. The summed E-state index contributed by atoms with van der Waals surface area (Å²) < 4.78 is 1.26. The van der Waals surface area contributed by atoms with Crippen LogP contribution in [0, 0.1) is 13.8 Å². The molecule has 0 aliphatic heterocycles. The van der Waals surface area contributed by atoms with Crippen LogP contribution in [-0.4, -0.2) is 25.7 Å². The molecule has 2 N–H and O–H groups in total. The fraction of sp³-hybridized carbons (Fsp3) is 0.385. The van der Waals surface area contributed by atoms with Gasteiger partial charge in [0.05, 0.1) is 11.7 Å². The number of H-pyrrole nitrogens is 1. The minimum atomic E-state index is -0.439. The number of amides is 1. The average Bonchev–Trinajstić information content (AvgIpc) is 2.72. The zero-order valence-corrected chi connectivity index (χ0v) is 11.7. The van der Waals surface area contributed by atoms with E-state index in [0.717, 1.165) is 17.0 Å². The maximum atomic E-state index is 12.0. The van der Waals surface area contributed by atoms with Crippen LogP contribution in [-0.2, 0) is 11.3 Å². The van der Waals surface area contributed by atoms with Crippen molar-refractivity contribution in [3.63, 3.8) is 0 Å². The number of carbonyl (C=O) groups is 1. The molecule has 20 heavy (non-hydrogen) atoms. The monoisotopic (exact) mass is 275 g/mol. The molecule has 2 heterocycles. The van der Waals surface area contributed by atoms with Gasteiger partial charge in [0.2, 0.25) is 5.91 Å². The Morgan fingerprint density at radius 3 is 2.85 bits per heavy atom. The molecular formula is C13H17N5O2. The molecule has 106 valence electrons. The van der Waals surface area contributed by atoms with Crippen LogP contribution in [0.25, 0.3) is 0 Å². The van der Waals surface area contributed by atoms with Gasteiger partial charge >= 0.3 is 5.69 Å². The van der Waals surface area contributed by atoms with E-state index < -0.39 is 5.69 Å². The first-order chi connectivity index (χ1) is 9.49. The van der Waals surface area contributed by atoms with Crippen LogP contribution in [0.5, 0.6) is 0 Å². The molecule has 1 atom stereocenters. The molecule has 0 saturated heterocycles. The van der Waals surface area contributed by atoms with E-state index in [1.54, 1.807) is 6.07 Å². The molecule has 0 radical (unpaired) electrons. The van der Waals surface area contributed by atoms with E-state index in [1.165, 1.54) is 17.0 Å². The molecule has 0 aromatic carbocycles. The van der Waals surface area contributed by atoms with Crippen molar-refractivity contribution in [3.8, 4) is 0 Å². The van der Waals surface area contributed by atoms with Gasteiger partial charge < -0.3 is 5.32 Å². The van der Waals surface area contributed by atoms with Gasteiger partial charge in [-0.2, -0.15) is 5.10 Å². The number of rotatable bonds is 4. The second-order valence-corrected chi connectivity index (χ2v) is 4.67. The highest BCUT2D eigenvalue weighted by Gasteiger charge is 2.16. The Morgan fingerprint density at radius 1 is 1.50 bits per heavy atom. The fourth-order valence-corrected chi connectivity index (χ4v) is 2.22. The molecule has 0 saturated carbocycles. The third-order valence-electron chi connectivity index (χ3n) is 3.09. The maximum absolute atomic E-state index is 12.0. The van der Waals surface area contributed by atoms with Crippen molar-refractivity contribution in [2.45, 2.75) is 33.4 Å². The third-order valence-corrected chi connectivity index (χ3v) is 3.09. The Hall–Kier alpha value is -2.44. The lowest BCUT2D eigenvalue weighted by Gasteiger charge is -2.15. The van der Waals surface area contributed by atoms with Crippen molar-refractivity contribution in [1.82, 2.24) is 25.1 Å². The zero-order valence-electron chi connectivity index (χ0n) is 11.7. The average molecular weight is 275 g/mol. The predicted octanol–water partition coefficient (Wildman–Crippen LogP) is 0.461. The minimum absolute atomic E-state index is 0.0487. The maximum Gasteiger partial charge on any atom is 0.347 e. The largest absolute Gasteiger partial charge is 0.348 e. The van der Waals surface area contributed by atoms with Crippen LogP contribution < -0.4 is 11.0 Å². The standard InChI is InChI=1S/C13H17N5O2/c1-8(12-9(2)16-17-10(12)3)15-11(19)7-18-6-4-5-14-13(18)20/h4-6,8H,7H2,1-3H3,(H,15,19)(H,16,17)/t8-/m0/s1. The highest BCUT2D eigenvalue weighted by atomic mass is 16.2. The summed E-state index contributed by atoms with van der Waals surface area (Å²) in [6.07, 6.45) is 2.94. The van der Waals surface area contributed by atoms with Gasteiger partial charge in [-0.05, 0) is 26.8 Å². The molecule has 0 bridgehead atoms. The van der Waals surface area contributed by atoms with Gasteiger partial charge in [-0.15, -0.1) is 0 Å². The molecular weight excluding hydrogens is 258 g/mol. The minimum Gasteiger partial charge on any atom is -0.348 e. The molecule has 0 aliphatic carbocycles. The first-order valence-electron chi connectivity index (χ1n) is 6.31. The molecule has 7 nitrogen and oxygen atoms in total. The molecule has 0 fully saturated rings. The Labute approximate surface area is 116 Å². The van der Waals surface area contributed by atoms with E-state index in [9.17, 15) is 9.59 Å². The Kier molecular flexibility index (Phi) is 3.97. The topological polar surface area (TPSA) is 92.7 Å². The van der Waals surface area contributed by atoms with Gasteiger partial charge in [-0.1, -0.05) is 0 Å². The number of carbonyl (C=O) groups excluding carboxylic acids is 1. The zero-order chi connectivity index (χ0) is 14.7. The molecule has 2 aromatic heterocycles. The summed E-state index contributed by atoms with van der Waals surface area (Å²) in [4.78, 5) is 27.0. The van der Waals surface area contributed by atoms with Crippen molar-refractivity contribution in [2.75, 3.05) is 0 Å². The van der Waals surface area contributed by atoms with Crippen molar-refractivity contribution >= 4 is 5.91 Å². The normalized spacial score (nSPS) is 12.2. The van der Waals surface area contributed by atoms with Crippen molar-refractivity contribution in [1.29, 1.82) is 0 Å². The summed E-state index contributed by atoms with van der Waals surface area (Å²) in [6, 6.07) is 1.44. The van der Waals surface area contributed by atoms with Crippen LogP contribution >= 0.6 is 0 Å². The highest BCUT2D eigenvalue weighted by Crippen LogP contribution is 2.18. The van der Waals surface area contributed by atoms with E-state index in [-0.39, 0.29) is 18.5 Å². The number of nitrogens with zero attached hydrogens (tertiary/aromatic N) is 3. The molecule has 2 aromatic rings. The lowest BCUT2D eigenvalue weighted by Crippen LogP contribution is -2.34. The summed E-state index contributed by atoms with van der Waals surface area (Å²) in [5.74, 6) is -0.243. The Bertz CT molecular complexity index is 654. The number of aryl methyl sites for hydroxylation is 2. The van der Waals surface area contributed by atoms with Crippen LogP contribution in [0.3, 0.4) is 0 Å². The van der Waals surface area contributed by atoms with Crippen LogP contribution in [0.4, 0.5) is 0 Å². The SMILES string of the molecule is Cc1n[nH]c(C)c1[C@H](C)NC(=O)Cn1cccnc1=O. The first-order valence-corrected chi connectivity index (χ1v) is 6.31. The van der Waals surface area contributed by atoms with Crippen molar-refractivity contribution in [2.24, 2.45) is 0 Å². The van der Waals surface area contributed by atoms with Crippen LogP contribution in [0.1, 0.15) is 29.9 Å². The number of aromatic amines is 1. The molecule has 7 heteroatoms. The van der Waals surface area contributed by atoms with Gasteiger partial charge in [-0.3, -0.25) is 14.5 Å². The number of hydrogen-bond donors (Lipinski definition) is 2. The predicted molar refractivity (Wildman–Crippen MR) is 73.1 cm³/mol. The summed E-state index contributed by atoms with van der Waals surface area (Å²) in [7, 11) is 0. The molecule has 1 amide bonds. The van der Waals surface area contributed by atoms with Gasteiger partial charge in [0, 0.05) is 23.7 Å². The third kappa shape index (κ3) is 2.93. The van der Waals surface area contributed by atoms with Gasteiger partial charge in [0.25, 0.3) is 0 Å². The van der Waals surface area contributed by atoms with Crippen LogP contribution in [0.2, 0.25) is 0 Å². The first kappa shape index (κ1) is 14.0. The summed E-state index contributed by atoms with van der Waals surface area (Å²) in [6.45, 7) is 5.62. The van der Waals surface area contributed by atoms with Gasteiger partial charge in [0.1, 0.15) is 6.54 Å². The molecule has 0 spiro atoms. The summed E-state index contributed by atoms with van der Waals surface area (Å²) in [5.41, 5.74) is 2.31. The number of nitrogens with one attached hydrogen (secondary N) is 2. The molecule has 0 unspecified atom stereocenters. The van der Waals surface area contributed by atoms with E-state index in [4.69, 9.17) is 0 Å². The second-order valence-electron chi connectivity index (χ2n) is 4.67. The fourth-order valence-electron chi connectivity index (χ4n) is 2.22. The van der Waals surface area contributed by atoms with Gasteiger partial charge in [0.15, 0.2) is 0 Å². The van der Waals surface area contributed by atoms with E-state index in [0.29, 0.717) is 0 Å². The highest BCUT2D eigenvalue weighted by molar-refractivity contribution is 5.76. The summed E-state index contributed by atoms with van der Waals surface area (Å²) in [5, 5.41) is 9.84. The smallest absolute Gasteiger partial charge is 0.347 e. The lowest BCUT2D eigenvalue weighted by molar-refractivity contribution is -0.122. The Morgan fingerprint density at radius 2 is 2.25 bits per heavy atom. The van der Waals surface area contributed by atoms with E-state index in [2.05, 4.69) is 20.5 Å². The van der Waals surface area contributed by atoms with Crippen molar-refractivity contribution < 1.29 is 4.79 Å². The second kappa shape index (κ2) is 5.68. The quantitative estimate of drug-likeness (QED) is 0.847. The van der Waals surface area contributed by atoms with E-state index in [1.807, 2.05) is 20.8 Å². The number of aromatic nitrogens is 4. The number of hydrogen-bond acceptors (Lipinski definition) is 4. The van der Waals surface area contributed by atoms with Crippen molar-refractivity contribution in [3.05, 3.63) is 45.9 Å². The van der Waals surface area contributed by atoms with E-state index >= 15 is 0 Å². The van der Waals surface area contributed by atoms with Crippen LogP contribution in [0.15, 0.2) is 23.3 Å². The van der Waals surface area contributed by atoms with Gasteiger partial charge in [-0.25, -0.2) is 9.78 Å². The Balaban J connectivity index is 2.06.